The smallest absolute Gasteiger partial charge is 0.227 e. The molecule has 1 N–H and O–H groups in total. The van der Waals surface area contributed by atoms with E-state index >= 15 is 0 Å². The first-order valence-electron chi connectivity index (χ1n) is 7.84. The minimum Gasteiger partial charge on any atom is -0.353 e. The van der Waals surface area contributed by atoms with E-state index < -0.39 is 0 Å². The van der Waals surface area contributed by atoms with Crippen LogP contribution in [0.1, 0.15) is 37.9 Å². The number of aromatic amines is 1. The van der Waals surface area contributed by atoms with Crippen LogP contribution >= 0.6 is 0 Å². The Kier molecular flexibility index (Phi) is 2.71. The fourth-order valence-corrected chi connectivity index (χ4v) is 3.96. The summed E-state index contributed by atoms with van der Waals surface area (Å²) in [6.07, 6.45) is 2.61. The van der Waals surface area contributed by atoms with Crippen molar-refractivity contribution in [1.29, 1.82) is 0 Å². The molecule has 1 aromatic carbocycles. The number of aromatic nitrogens is 1. The van der Waals surface area contributed by atoms with Crippen LogP contribution in [0.5, 0.6) is 0 Å². The van der Waals surface area contributed by atoms with Crippen LogP contribution in [-0.2, 0) is 11.2 Å². The van der Waals surface area contributed by atoms with Crippen molar-refractivity contribution in [3.8, 4) is 0 Å². The average Bonchev–Trinajstić information content (AvgIpc) is 2.86. The second kappa shape index (κ2) is 4.48. The lowest BCUT2D eigenvalue weighted by Gasteiger charge is -2.38. The van der Waals surface area contributed by atoms with Gasteiger partial charge in [-0.25, -0.2) is 0 Å². The molecule has 2 aliphatic heterocycles. The van der Waals surface area contributed by atoms with Crippen molar-refractivity contribution < 1.29 is 4.79 Å². The molecule has 1 aromatic heterocycles. The van der Waals surface area contributed by atoms with Gasteiger partial charge in [0.05, 0.1) is 11.4 Å². The lowest BCUT2D eigenvalue weighted by molar-refractivity contribution is -0.129. The van der Waals surface area contributed by atoms with Crippen molar-refractivity contribution in [2.24, 2.45) is 5.92 Å². The molecule has 3 heterocycles. The molecule has 0 spiro atoms. The minimum atomic E-state index is 0.277. The maximum atomic E-state index is 12.4. The van der Waals surface area contributed by atoms with Gasteiger partial charge in [0.1, 0.15) is 0 Å². The zero-order valence-corrected chi connectivity index (χ0v) is 12.6. The van der Waals surface area contributed by atoms with Gasteiger partial charge in [-0.3, -0.25) is 4.79 Å². The number of allylic oxidation sites excluding steroid dienone is 1. The molecule has 3 heteroatoms. The van der Waals surface area contributed by atoms with E-state index in [0.29, 0.717) is 12.3 Å². The van der Waals surface area contributed by atoms with Crippen molar-refractivity contribution in [3.05, 3.63) is 41.1 Å². The summed E-state index contributed by atoms with van der Waals surface area (Å²) in [7, 11) is 0. The molecule has 3 nitrogen and oxygen atoms in total. The van der Waals surface area contributed by atoms with E-state index in [-0.39, 0.29) is 5.91 Å². The molecule has 0 saturated carbocycles. The number of H-pyrrole nitrogens is 1. The lowest BCUT2D eigenvalue weighted by atomic mass is 9.85. The van der Waals surface area contributed by atoms with Crippen molar-refractivity contribution in [2.75, 3.05) is 6.54 Å². The number of para-hydroxylation sites is 1. The molecule has 0 aliphatic carbocycles. The van der Waals surface area contributed by atoms with Gasteiger partial charge in [-0.05, 0) is 36.0 Å². The van der Waals surface area contributed by atoms with Gasteiger partial charge in [0.2, 0.25) is 5.91 Å². The van der Waals surface area contributed by atoms with E-state index in [4.69, 9.17) is 0 Å². The number of carbonyl (C=O) groups excluding carboxylic acids is 1. The average molecular weight is 280 g/mol. The Morgan fingerprint density at radius 2 is 2.14 bits per heavy atom. The number of hydrogen-bond donors (Lipinski definition) is 1. The highest BCUT2D eigenvalue weighted by Crippen LogP contribution is 2.41. The molecule has 0 radical (unpaired) electrons. The maximum Gasteiger partial charge on any atom is 0.227 e. The van der Waals surface area contributed by atoms with E-state index in [0.717, 1.165) is 19.4 Å². The van der Waals surface area contributed by atoms with E-state index in [1.165, 1.54) is 33.4 Å². The summed E-state index contributed by atoms with van der Waals surface area (Å²) in [5, 5.41) is 1.31. The highest BCUT2D eigenvalue weighted by Gasteiger charge is 2.36. The number of nitrogens with zero attached hydrogens (tertiary/aromatic N) is 1. The number of carbonyl (C=O) groups is 1. The Labute approximate surface area is 124 Å². The third kappa shape index (κ3) is 1.70. The van der Waals surface area contributed by atoms with E-state index in [1.54, 1.807) is 0 Å². The first-order valence-corrected chi connectivity index (χ1v) is 7.84. The fraction of sp³-hybridized carbons (Fsp3) is 0.389. The Morgan fingerprint density at radius 3 is 2.95 bits per heavy atom. The highest BCUT2D eigenvalue weighted by molar-refractivity contribution is 5.96. The number of rotatable bonds is 1. The first kappa shape index (κ1) is 12.7. The van der Waals surface area contributed by atoms with Crippen molar-refractivity contribution in [2.45, 2.75) is 33.1 Å². The Balaban J connectivity index is 2.02. The van der Waals surface area contributed by atoms with Crippen LogP contribution in [0.15, 0.2) is 29.8 Å². The Morgan fingerprint density at radius 1 is 1.33 bits per heavy atom. The molecule has 108 valence electrons. The molecule has 1 unspecified atom stereocenters. The van der Waals surface area contributed by atoms with E-state index in [9.17, 15) is 4.79 Å². The van der Waals surface area contributed by atoms with Gasteiger partial charge in [0.25, 0.3) is 0 Å². The van der Waals surface area contributed by atoms with Crippen LogP contribution in [0.2, 0.25) is 0 Å². The predicted octanol–water partition coefficient (Wildman–Crippen LogP) is 3.71. The number of amides is 1. The van der Waals surface area contributed by atoms with Crippen LogP contribution in [0.4, 0.5) is 0 Å². The summed E-state index contributed by atoms with van der Waals surface area (Å²) in [5.41, 5.74) is 6.32. The van der Waals surface area contributed by atoms with Crippen molar-refractivity contribution in [1.82, 2.24) is 9.88 Å². The minimum absolute atomic E-state index is 0.277. The van der Waals surface area contributed by atoms with Crippen LogP contribution in [-0.4, -0.2) is 22.3 Å². The Bertz CT molecular complexity index is 769. The van der Waals surface area contributed by atoms with E-state index in [1.807, 2.05) is 4.90 Å². The molecule has 0 fully saturated rings. The normalized spacial score (nSPS) is 21.7. The fourth-order valence-electron chi connectivity index (χ4n) is 3.96. The molecule has 1 amide bonds. The Hall–Kier alpha value is -2.03. The van der Waals surface area contributed by atoms with Crippen LogP contribution in [0.25, 0.3) is 16.6 Å². The second-order valence-corrected chi connectivity index (χ2v) is 6.15. The first-order chi connectivity index (χ1) is 10.2. The third-order valence-corrected chi connectivity index (χ3v) is 4.97. The van der Waals surface area contributed by atoms with Crippen LogP contribution < -0.4 is 0 Å². The van der Waals surface area contributed by atoms with Gasteiger partial charge in [-0.15, -0.1) is 0 Å². The topological polar surface area (TPSA) is 36.1 Å². The van der Waals surface area contributed by atoms with Gasteiger partial charge >= 0.3 is 0 Å². The predicted molar refractivity (Wildman–Crippen MR) is 84.7 cm³/mol. The van der Waals surface area contributed by atoms with Crippen LogP contribution in [0.3, 0.4) is 0 Å². The molecule has 21 heavy (non-hydrogen) atoms. The molecule has 2 aliphatic rings. The lowest BCUT2D eigenvalue weighted by Crippen LogP contribution is -2.40. The van der Waals surface area contributed by atoms with Gasteiger partial charge in [0.15, 0.2) is 0 Å². The van der Waals surface area contributed by atoms with Crippen molar-refractivity contribution >= 4 is 22.5 Å². The van der Waals surface area contributed by atoms with Gasteiger partial charge in [-0.1, -0.05) is 32.0 Å². The monoisotopic (exact) mass is 280 g/mol. The molecule has 2 aromatic rings. The molecule has 0 bridgehead atoms. The molecule has 4 rings (SSSR count). The van der Waals surface area contributed by atoms with Gasteiger partial charge in [0, 0.05) is 23.9 Å². The number of hydrogen-bond acceptors (Lipinski definition) is 1. The summed E-state index contributed by atoms with van der Waals surface area (Å²) >= 11 is 0. The quantitative estimate of drug-likeness (QED) is 0.849. The van der Waals surface area contributed by atoms with Crippen molar-refractivity contribution in [3.63, 3.8) is 0 Å². The zero-order valence-electron chi connectivity index (χ0n) is 12.6. The summed E-state index contributed by atoms with van der Waals surface area (Å²) in [4.78, 5) is 18.0. The summed E-state index contributed by atoms with van der Waals surface area (Å²) in [6, 6.07) is 8.46. The van der Waals surface area contributed by atoms with Crippen LogP contribution in [0, 0.1) is 5.92 Å². The SMILES string of the molecule is CCC1=C2c3[nH]c4ccccc4c3CCN2C(=O)CC1C. The highest BCUT2D eigenvalue weighted by atomic mass is 16.2. The van der Waals surface area contributed by atoms with E-state index in [2.05, 4.69) is 43.1 Å². The molecule has 0 saturated heterocycles. The summed E-state index contributed by atoms with van der Waals surface area (Å²) in [6.45, 7) is 5.20. The number of benzene rings is 1. The molecular formula is C18H20N2O. The molecule has 1 atom stereocenters. The number of fused-ring (bicyclic) bond motifs is 5. The largest absolute Gasteiger partial charge is 0.353 e. The van der Waals surface area contributed by atoms with Gasteiger partial charge < -0.3 is 9.88 Å². The zero-order chi connectivity index (χ0) is 14.6. The number of nitrogens with one attached hydrogen (secondary N) is 1. The standard InChI is InChI=1S/C18H20N2O/c1-3-12-11(2)10-16(21)20-9-8-14-13-6-4-5-7-15(13)19-17(14)18(12)20/h4-7,11,19H,3,8-10H2,1-2H3. The maximum absolute atomic E-state index is 12.4. The summed E-state index contributed by atoms with van der Waals surface area (Å²) in [5.74, 6) is 0.630. The second-order valence-electron chi connectivity index (χ2n) is 6.15. The third-order valence-electron chi connectivity index (χ3n) is 4.97. The molecular weight excluding hydrogens is 260 g/mol. The van der Waals surface area contributed by atoms with Gasteiger partial charge in [-0.2, -0.15) is 0 Å². The summed E-state index contributed by atoms with van der Waals surface area (Å²) < 4.78 is 0.